The molecule has 27 heavy (non-hydrogen) atoms. The fourth-order valence-corrected chi connectivity index (χ4v) is 2.97. The first-order valence-corrected chi connectivity index (χ1v) is 9.97. The van der Waals surface area contributed by atoms with E-state index in [2.05, 4.69) is 4.72 Å². The fourth-order valence-electron chi connectivity index (χ4n) is 2.41. The highest BCUT2D eigenvalue weighted by Crippen LogP contribution is 2.22. The van der Waals surface area contributed by atoms with E-state index in [1.54, 1.807) is 18.2 Å². The SMILES string of the molecule is COc1ccc(C)cc1C(=O)O[C@H](C)C(=O)c1ccc(NS(C)(=O)=O)cc1. The number of carbonyl (C=O) groups is 2. The van der Waals surface area contributed by atoms with Crippen LogP contribution in [0.1, 0.15) is 33.2 Å². The topological polar surface area (TPSA) is 98.8 Å². The summed E-state index contributed by atoms with van der Waals surface area (Å²) in [7, 11) is -1.95. The van der Waals surface area contributed by atoms with Crippen LogP contribution in [0.3, 0.4) is 0 Å². The highest BCUT2D eigenvalue weighted by Gasteiger charge is 2.22. The predicted molar refractivity (Wildman–Crippen MR) is 102 cm³/mol. The van der Waals surface area contributed by atoms with Crippen LogP contribution in [0, 0.1) is 6.92 Å². The van der Waals surface area contributed by atoms with E-state index >= 15 is 0 Å². The number of nitrogens with one attached hydrogen (secondary N) is 1. The normalized spacial score (nSPS) is 12.1. The Labute approximate surface area is 158 Å². The van der Waals surface area contributed by atoms with Crippen molar-refractivity contribution in [3.8, 4) is 5.75 Å². The number of aryl methyl sites for hydroxylation is 1. The molecular formula is C19H21NO6S. The van der Waals surface area contributed by atoms with Crippen molar-refractivity contribution < 1.29 is 27.5 Å². The van der Waals surface area contributed by atoms with Crippen molar-refractivity contribution in [3.63, 3.8) is 0 Å². The van der Waals surface area contributed by atoms with Crippen LogP contribution in [0.25, 0.3) is 0 Å². The van der Waals surface area contributed by atoms with Gasteiger partial charge in [0.15, 0.2) is 6.10 Å². The number of rotatable bonds is 7. The number of esters is 1. The van der Waals surface area contributed by atoms with Gasteiger partial charge in [0.1, 0.15) is 11.3 Å². The number of ketones is 1. The van der Waals surface area contributed by atoms with Crippen molar-refractivity contribution in [1.82, 2.24) is 0 Å². The van der Waals surface area contributed by atoms with Crippen LogP contribution >= 0.6 is 0 Å². The average molecular weight is 391 g/mol. The molecule has 0 aliphatic carbocycles. The summed E-state index contributed by atoms with van der Waals surface area (Å²) < 4.78 is 35.2. The second-order valence-electron chi connectivity index (χ2n) is 6.07. The van der Waals surface area contributed by atoms with Crippen LogP contribution < -0.4 is 9.46 Å². The van der Waals surface area contributed by atoms with Crippen molar-refractivity contribution in [3.05, 3.63) is 59.2 Å². The van der Waals surface area contributed by atoms with Crippen LogP contribution in [0.2, 0.25) is 0 Å². The van der Waals surface area contributed by atoms with Crippen LogP contribution in [0.5, 0.6) is 5.75 Å². The van der Waals surface area contributed by atoms with Gasteiger partial charge in [-0.2, -0.15) is 0 Å². The first kappa shape index (κ1) is 20.4. The molecule has 0 heterocycles. The van der Waals surface area contributed by atoms with Crippen molar-refractivity contribution in [2.45, 2.75) is 20.0 Å². The van der Waals surface area contributed by atoms with Gasteiger partial charge < -0.3 is 9.47 Å². The molecule has 0 aliphatic heterocycles. The summed E-state index contributed by atoms with van der Waals surface area (Å²) >= 11 is 0. The van der Waals surface area contributed by atoms with Gasteiger partial charge in [-0.05, 0) is 50.2 Å². The summed E-state index contributed by atoms with van der Waals surface area (Å²) in [5.41, 5.74) is 1.73. The first-order valence-electron chi connectivity index (χ1n) is 8.08. The minimum atomic E-state index is -3.40. The average Bonchev–Trinajstić information content (AvgIpc) is 2.60. The lowest BCUT2D eigenvalue weighted by Crippen LogP contribution is -2.24. The molecule has 2 aromatic rings. The molecule has 144 valence electrons. The van der Waals surface area contributed by atoms with E-state index in [4.69, 9.17) is 9.47 Å². The highest BCUT2D eigenvalue weighted by atomic mass is 32.2. The van der Waals surface area contributed by atoms with Crippen molar-refractivity contribution in [2.75, 3.05) is 18.1 Å². The number of sulfonamides is 1. The van der Waals surface area contributed by atoms with E-state index < -0.39 is 27.9 Å². The lowest BCUT2D eigenvalue weighted by molar-refractivity contribution is 0.0316. The zero-order chi connectivity index (χ0) is 20.2. The van der Waals surface area contributed by atoms with E-state index in [1.807, 2.05) is 6.92 Å². The smallest absolute Gasteiger partial charge is 0.342 e. The molecule has 0 saturated carbocycles. The van der Waals surface area contributed by atoms with E-state index in [9.17, 15) is 18.0 Å². The maximum absolute atomic E-state index is 12.5. The molecule has 1 N–H and O–H groups in total. The number of anilines is 1. The molecule has 1 atom stereocenters. The molecule has 0 amide bonds. The minimum absolute atomic E-state index is 0.241. The van der Waals surface area contributed by atoms with Crippen molar-refractivity contribution in [1.29, 1.82) is 0 Å². The van der Waals surface area contributed by atoms with Gasteiger partial charge in [-0.25, -0.2) is 13.2 Å². The maximum atomic E-state index is 12.5. The molecule has 2 aromatic carbocycles. The number of carbonyl (C=O) groups excluding carboxylic acids is 2. The van der Waals surface area contributed by atoms with Gasteiger partial charge >= 0.3 is 5.97 Å². The van der Waals surface area contributed by atoms with Gasteiger partial charge in [0, 0.05) is 11.3 Å². The first-order chi connectivity index (χ1) is 12.6. The molecular weight excluding hydrogens is 370 g/mol. The number of Topliss-reactive ketones (excluding diaryl/α,β-unsaturated/α-hetero) is 1. The molecule has 0 aliphatic rings. The zero-order valence-corrected chi connectivity index (χ0v) is 16.3. The summed E-state index contributed by atoms with van der Waals surface area (Å²) in [5.74, 6) is -0.700. The summed E-state index contributed by atoms with van der Waals surface area (Å²) in [4.78, 5) is 24.9. The molecule has 0 fully saturated rings. The van der Waals surface area contributed by atoms with Crippen molar-refractivity contribution in [2.24, 2.45) is 0 Å². The second-order valence-corrected chi connectivity index (χ2v) is 7.82. The number of ether oxygens (including phenoxy) is 2. The fraction of sp³-hybridized carbons (Fsp3) is 0.263. The Hall–Kier alpha value is -2.87. The highest BCUT2D eigenvalue weighted by molar-refractivity contribution is 7.92. The second kappa shape index (κ2) is 8.22. The third-order valence-corrected chi connectivity index (χ3v) is 4.31. The Morgan fingerprint density at radius 2 is 1.70 bits per heavy atom. The minimum Gasteiger partial charge on any atom is -0.496 e. The number of benzene rings is 2. The van der Waals surface area contributed by atoms with Gasteiger partial charge in [0.2, 0.25) is 15.8 Å². The lowest BCUT2D eigenvalue weighted by atomic mass is 10.1. The van der Waals surface area contributed by atoms with Crippen molar-refractivity contribution >= 4 is 27.5 Å². The Kier molecular flexibility index (Phi) is 6.22. The summed E-state index contributed by atoms with van der Waals surface area (Å²) in [6, 6.07) is 11.0. The van der Waals surface area contributed by atoms with Gasteiger partial charge in [-0.3, -0.25) is 9.52 Å². The Morgan fingerprint density at radius 3 is 2.26 bits per heavy atom. The molecule has 0 aromatic heterocycles. The van der Waals surface area contributed by atoms with Gasteiger partial charge in [-0.1, -0.05) is 11.6 Å². The summed E-state index contributed by atoms with van der Waals surface area (Å²) in [6.45, 7) is 3.31. The third kappa shape index (κ3) is 5.55. The van der Waals surface area contributed by atoms with E-state index in [0.29, 0.717) is 17.0 Å². The quantitative estimate of drug-likeness (QED) is 0.576. The third-order valence-electron chi connectivity index (χ3n) is 3.70. The van der Waals surface area contributed by atoms with E-state index in [0.717, 1.165) is 11.8 Å². The Morgan fingerprint density at radius 1 is 1.07 bits per heavy atom. The van der Waals surface area contributed by atoms with Crippen LogP contribution in [0.15, 0.2) is 42.5 Å². The summed E-state index contributed by atoms with van der Waals surface area (Å²) in [5, 5.41) is 0. The largest absolute Gasteiger partial charge is 0.496 e. The Bertz CT molecular complexity index is 951. The predicted octanol–water partition coefficient (Wildman–Crippen LogP) is 2.80. The standard InChI is InChI=1S/C19H21NO6S/c1-12-5-10-17(25-3)16(11-12)19(22)26-13(2)18(21)14-6-8-15(9-7-14)20-27(4,23)24/h5-11,13,20H,1-4H3/t13-/m1/s1. The van der Waals surface area contributed by atoms with Gasteiger partial charge in [-0.15, -0.1) is 0 Å². The van der Waals surface area contributed by atoms with Crippen LogP contribution in [-0.4, -0.2) is 39.6 Å². The number of methoxy groups -OCH3 is 1. The Balaban J connectivity index is 2.11. The summed E-state index contributed by atoms with van der Waals surface area (Å²) in [6.07, 6.45) is 0.0177. The van der Waals surface area contributed by atoms with Crippen LogP contribution in [0.4, 0.5) is 5.69 Å². The number of hydrogen-bond donors (Lipinski definition) is 1. The molecule has 7 nitrogen and oxygen atoms in total. The molecule has 0 spiro atoms. The molecule has 0 saturated heterocycles. The zero-order valence-electron chi connectivity index (χ0n) is 15.5. The molecule has 8 heteroatoms. The molecule has 0 unspecified atom stereocenters. The van der Waals surface area contributed by atoms with Crippen LogP contribution in [-0.2, 0) is 14.8 Å². The monoisotopic (exact) mass is 391 g/mol. The molecule has 0 radical (unpaired) electrons. The van der Waals surface area contributed by atoms with Gasteiger partial charge in [0.25, 0.3) is 0 Å². The number of hydrogen-bond acceptors (Lipinski definition) is 6. The maximum Gasteiger partial charge on any atom is 0.342 e. The lowest BCUT2D eigenvalue weighted by Gasteiger charge is -2.14. The van der Waals surface area contributed by atoms with E-state index in [-0.39, 0.29) is 5.56 Å². The van der Waals surface area contributed by atoms with Gasteiger partial charge in [0.05, 0.1) is 13.4 Å². The van der Waals surface area contributed by atoms with E-state index in [1.165, 1.54) is 38.3 Å². The molecule has 0 bridgehead atoms. The molecule has 2 rings (SSSR count).